The van der Waals surface area contributed by atoms with Gasteiger partial charge in [-0.25, -0.2) is 0 Å². The zero-order chi connectivity index (χ0) is 22.2. The molecule has 0 radical (unpaired) electrons. The fraction of sp³-hybridized carbons (Fsp3) is 0.269. The lowest BCUT2D eigenvalue weighted by Crippen LogP contribution is -2.05. The van der Waals surface area contributed by atoms with Crippen LogP contribution in [0.4, 0.5) is 0 Å². The molecule has 0 aliphatic rings. The Hall–Kier alpha value is -3.15. The van der Waals surface area contributed by atoms with Crippen LogP contribution >= 0.6 is 0 Å². The molecule has 0 saturated carbocycles. The van der Waals surface area contributed by atoms with E-state index in [-0.39, 0.29) is 12.5 Å². The van der Waals surface area contributed by atoms with Gasteiger partial charge >= 0.3 is 5.97 Å². The Kier molecular flexibility index (Phi) is 7.82. The molecule has 3 N–H and O–H groups in total. The number of nitrogens with two attached hydrogens (primary N) is 1. The molecule has 1 unspecified atom stereocenters. The lowest BCUT2D eigenvalue weighted by molar-refractivity contribution is -0.136. The largest absolute Gasteiger partial charge is 0.489 e. The Bertz CT molecular complexity index is 1030. The predicted molar refractivity (Wildman–Crippen MR) is 122 cm³/mol. The number of carbonyl (C=O) groups is 1. The van der Waals surface area contributed by atoms with Gasteiger partial charge in [0.15, 0.2) is 0 Å². The molecule has 31 heavy (non-hydrogen) atoms. The number of carboxylic acids is 1. The number of methoxy groups -OCH3 is 1. The van der Waals surface area contributed by atoms with E-state index < -0.39 is 5.97 Å². The van der Waals surface area contributed by atoms with Crippen molar-refractivity contribution >= 4 is 5.97 Å². The monoisotopic (exact) mass is 419 g/mol. The maximum atomic E-state index is 11.1. The van der Waals surface area contributed by atoms with Crippen LogP contribution in [0.3, 0.4) is 0 Å². The van der Waals surface area contributed by atoms with Gasteiger partial charge in [-0.2, -0.15) is 0 Å². The highest BCUT2D eigenvalue weighted by molar-refractivity contribution is 5.71. The molecule has 5 heteroatoms. The van der Waals surface area contributed by atoms with Crippen LogP contribution in [0.25, 0.3) is 11.1 Å². The van der Waals surface area contributed by atoms with Crippen molar-refractivity contribution in [3.05, 3.63) is 89.0 Å². The van der Waals surface area contributed by atoms with E-state index in [1.165, 1.54) is 0 Å². The number of hydrogen-bond donors (Lipinski definition) is 2. The van der Waals surface area contributed by atoms with Gasteiger partial charge in [0.25, 0.3) is 0 Å². The second kappa shape index (κ2) is 10.8. The first-order valence-electron chi connectivity index (χ1n) is 10.4. The lowest BCUT2D eigenvalue weighted by atomic mass is 9.96. The van der Waals surface area contributed by atoms with Crippen molar-refractivity contribution in [1.29, 1.82) is 0 Å². The minimum atomic E-state index is -0.881. The van der Waals surface area contributed by atoms with Gasteiger partial charge in [0.1, 0.15) is 12.4 Å². The fourth-order valence-corrected chi connectivity index (χ4v) is 3.49. The number of para-hydroxylation sites is 1. The first-order chi connectivity index (χ1) is 15.0. The predicted octanol–water partition coefficient (Wildman–Crippen LogP) is 4.77. The Morgan fingerprint density at radius 3 is 2.52 bits per heavy atom. The van der Waals surface area contributed by atoms with Crippen LogP contribution < -0.4 is 10.5 Å². The molecule has 0 aromatic heterocycles. The molecule has 0 aliphatic carbocycles. The Morgan fingerprint density at radius 2 is 1.77 bits per heavy atom. The average Bonchev–Trinajstić information content (AvgIpc) is 2.76. The number of rotatable bonds is 10. The molecule has 3 aromatic carbocycles. The van der Waals surface area contributed by atoms with Gasteiger partial charge in [-0.1, -0.05) is 48.5 Å². The van der Waals surface area contributed by atoms with Gasteiger partial charge in [0.2, 0.25) is 0 Å². The third-order valence-electron chi connectivity index (χ3n) is 5.10. The topological polar surface area (TPSA) is 81.8 Å². The molecule has 0 amide bonds. The van der Waals surface area contributed by atoms with E-state index in [1.807, 2.05) is 31.2 Å². The molecule has 0 spiro atoms. The van der Waals surface area contributed by atoms with E-state index in [4.69, 9.17) is 20.3 Å². The lowest BCUT2D eigenvalue weighted by Gasteiger charge is -2.14. The van der Waals surface area contributed by atoms with E-state index in [2.05, 4.69) is 30.3 Å². The molecule has 0 bridgehead atoms. The number of benzene rings is 3. The zero-order valence-electron chi connectivity index (χ0n) is 18.0. The minimum absolute atomic E-state index is 0.0369. The fourth-order valence-electron chi connectivity index (χ4n) is 3.49. The molecule has 3 rings (SSSR count). The van der Waals surface area contributed by atoms with E-state index in [1.54, 1.807) is 19.2 Å². The maximum Gasteiger partial charge on any atom is 0.307 e. The van der Waals surface area contributed by atoms with Crippen molar-refractivity contribution in [2.75, 3.05) is 13.7 Å². The molecule has 162 valence electrons. The van der Waals surface area contributed by atoms with Gasteiger partial charge < -0.3 is 20.3 Å². The van der Waals surface area contributed by atoms with E-state index in [9.17, 15) is 4.79 Å². The molecule has 0 saturated heterocycles. The molecular formula is C26H29NO4. The maximum absolute atomic E-state index is 11.1. The van der Waals surface area contributed by atoms with Gasteiger partial charge in [0, 0.05) is 18.7 Å². The van der Waals surface area contributed by atoms with E-state index in [0.717, 1.165) is 34.2 Å². The number of hydrogen-bond acceptors (Lipinski definition) is 4. The van der Waals surface area contributed by atoms with Crippen LogP contribution in [-0.2, 0) is 29.0 Å². The zero-order valence-corrected chi connectivity index (χ0v) is 18.0. The van der Waals surface area contributed by atoms with Crippen LogP contribution in [0, 0.1) is 0 Å². The van der Waals surface area contributed by atoms with Gasteiger partial charge in [0.05, 0.1) is 13.0 Å². The SMILES string of the molecule is COCCc1cc(COc2ccccc2CC(=O)O)cc(-c2cccc(C(C)N)c2)c1. The van der Waals surface area contributed by atoms with Crippen LogP contribution in [0.1, 0.15) is 35.2 Å². The molecule has 5 nitrogen and oxygen atoms in total. The third kappa shape index (κ3) is 6.41. The van der Waals surface area contributed by atoms with Gasteiger partial charge in [-0.15, -0.1) is 0 Å². The third-order valence-corrected chi connectivity index (χ3v) is 5.10. The van der Waals surface area contributed by atoms with Crippen molar-refractivity contribution in [2.24, 2.45) is 5.73 Å². The highest BCUT2D eigenvalue weighted by atomic mass is 16.5. The summed E-state index contributed by atoms with van der Waals surface area (Å²) in [6.07, 6.45) is 0.722. The Labute approximate surface area is 183 Å². The molecule has 0 fully saturated rings. The molecule has 1 atom stereocenters. The summed E-state index contributed by atoms with van der Waals surface area (Å²) in [5, 5.41) is 9.14. The van der Waals surface area contributed by atoms with Crippen molar-refractivity contribution in [3.8, 4) is 16.9 Å². The number of ether oxygens (including phenoxy) is 2. The first-order valence-corrected chi connectivity index (χ1v) is 10.4. The molecule has 0 aliphatic heterocycles. The van der Waals surface area contributed by atoms with Crippen molar-refractivity contribution in [2.45, 2.75) is 32.4 Å². The second-order valence-corrected chi connectivity index (χ2v) is 7.66. The highest BCUT2D eigenvalue weighted by Gasteiger charge is 2.10. The summed E-state index contributed by atoms with van der Waals surface area (Å²) in [6, 6.07) is 21.9. The summed E-state index contributed by atoms with van der Waals surface area (Å²) in [5.41, 5.74) is 12.2. The van der Waals surface area contributed by atoms with Crippen LogP contribution in [-0.4, -0.2) is 24.8 Å². The average molecular weight is 420 g/mol. The first kappa shape index (κ1) is 22.5. The van der Waals surface area contributed by atoms with Gasteiger partial charge in [-0.05, 0) is 59.4 Å². The summed E-state index contributed by atoms with van der Waals surface area (Å²) in [5.74, 6) is -0.290. The number of aliphatic carboxylic acids is 1. The van der Waals surface area contributed by atoms with Crippen LogP contribution in [0.2, 0.25) is 0 Å². The van der Waals surface area contributed by atoms with Crippen LogP contribution in [0.5, 0.6) is 5.75 Å². The van der Waals surface area contributed by atoms with E-state index in [0.29, 0.717) is 24.5 Å². The molecule has 3 aromatic rings. The molecule has 0 heterocycles. The smallest absolute Gasteiger partial charge is 0.307 e. The minimum Gasteiger partial charge on any atom is -0.489 e. The Morgan fingerprint density at radius 1 is 1.00 bits per heavy atom. The normalized spacial score (nSPS) is 11.8. The quantitative estimate of drug-likeness (QED) is 0.495. The second-order valence-electron chi connectivity index (χ2n) is 7.66. The standard InChI is InChI=1S/C26H29NO4/c1-18(27)21-7-5-8-22(15-21)24-13-19(10-11-30-2)12-20(14-24)17-31-25-9-4-3-6-23(25)16-26(28)29/h3-9,12-15,18H,10-11,16-17,27H2,1-2H3,(H,28,29). The van der Waals surface area contributed by atoms with Crippen molar-refractivity contribution in [3.63, 3.8) is 0 Å². The molecular weight excluding hydrogens is 390 g/mol. The summed E-state index contributed by atoms with van der Waals surface area (Å²) < 4.78 is 11.3. The summed E-state index contributed by atoms with van der Waals surface area (Å²) in [7, 11) is 1.69. The van der Waals surface area contributed by atoms with E-state index >= 15 is 0 Å². The van der Waals surface area contributed by atoms with Gasteiger partial charge in [-0.3, -0.25) is 4.79 Å². The Balaban J connectivity index is 1.89. The van der Waals surface area contributed by atoms with Crippen LogP contribution in [0.15, 0.2) is 66.7 Å². The van der Waals surface area contributed by atoms with Crippen molar-refractivity contribution in [1.82, 2.24) is 0 Å². The summed E-state index contributed by atoms with van der Waals surface area (Å²) >= 11 is 0. The number of carboxylic acid groups (broad SMARTS) is 1. The van der Waals surface area contributed by atoms with Crippen molar-refractivity contribution < 1.29 is 19.4 Å². The summed E-state index contributed by atoms with van der Waals surface area (Å²) in [6.45, 7) is 2.95. The summed E-state index contributed by atoms with van der Waals surface area (Å²) in [4.78, 5) is 11.1. The highest BCUT2D eigenvalue weighted by Crippen LogP contribution is 2.27.